The van der Waals surface area contributed by atoms with Gasteiger partial charge in [0.1, 0.15) is 17.3 Å². The number of benzene rings is 1. The van der Waals surface area contributed by atoms with Crippen molar-refractivity contribution in [1.82, 2.24) is 0 Å². The van der Waals surface area contributed by atoms with E-state index in [2.05, 4.69) is 0 Å². The summed E-state index contributed by atoms with van der Waals surface area (Å²) in [4.78, 5) is 10.5. The van der Waals surface area contributed by atoms with Crippen molar-refractivity contribution in [1.29, 1.82) is 0 Å². The van der Waals surface area contributed by atoms with Crippen LogP contribution in [-0.4, -0.2) is 5.91 Å². The summed E-state index contributed by atoms with van der Waals surface area (Å²) in [7, 11) is 0. The lowest BCUT2D eigenvalue weighted by atomic mass is 10.1. The third-order valence-electron chi connectivity index (χ3n) is 2.18. The van der Waals surface area contributed by atoms with Crippen LogP contribution in [0, 0.1) is 5.82 Å². The van der Waals surface area contributed by atoms with Crippen molar-refractivity contribution in [3.63, 3.8) is 0 Å². The maximum absolute atomic E-state index is 13.4. The van der Waals surface area contributed by atoms with Crippen molar-refractivity contribution < 1.29 is 13.6 Å². The molecule has 1 aromatic carbocycles. The Morgan fingerprint density at radius 3 is 2.71 bits per heavy atom. The van der Waals surface area contributed by atoms with E-state index in [-0.39, 0.29) is 5.82 Å². The summed E-state index contributed by atoms with van der Waals surface area (Å²) in [5.74, 6) is -0.0598. The second-order valence-corrected chi connectivity index (χ2v) is 3.42. The number of hydrogen-bond donors (Lipinski definition) is 1. The molecule has 2 N–H and O–H groups in total. The molecule has 0 spiro atoms. The molecule has 0 unspecified atom stereocenters. The van der Waals surface area contributed by atoms with Crippen LogP contribution in [0.5, 0.6) is 0 Å². The van der Waals surface area contributed by atoms with Crippen LogP contribution in [0.2, 0.25) is 0 Å². The van der Waals surface area contributed by atoms with Crippen molar-refractivity contribution in [2.45, 2.75) is 0 Å². The van der Waals surface area contributed by atoms with Gasteiger partial charge in [-0.05, 0) is 30.3 Å². The fraction of sp³-hybridized carbons (Fsp3) is 0. The van der Waals surface area contributed by atoms with Crippen LogP contribution in [0.3, 0.4) is 0 Å². The fourth-order valence-electron chi connectivity index (χ4n) is 1.41. The molecule has 0 aliphatic rings. The Kier molecular flexibility index (Phi) is 3.05. The molecule has 2 rings (SSSR count). The second-order valence-electron chi connectivity index (χ2n) is 3.42. The quantitative estimate of drug-likeness (QED) is 0.825. The van der Waals surface area contributed by atoms with Crippen LogP contribution < -0.4 is 5.73 Å². The van der Waals surface area contributed by atoms with Crippen molar-refractivity contribution in [3.05, 3.63) is 54.1 Å². The summed E-state index contributed by atoms with van der Waals surface area (Å²) in [6.45, 7) is 0. The van der Waals surface area contributed by atoms with E-state index in [1.54, 1.807) is 30.3 Å². The van der Waals surface area contributed by atoms with E-state index in [4.69, 9.17) is 10.2 Å². The number of rotatable bonds is 3. The van der Waals surface area contributed by atoms with Crippen LogP contribution in [0.4, 0.5) is 4.39 Å². The van der Waals surface area contributed by atoms with Gasteiger partial charge in [0, 0.05) is 6.08 Å². The van der Waals surface area contributed by atoms with E-state index in [0.29, 0.717) is 17.1 Å². The van der Waals surface area contributed by atoms with Crippen molar-refractivity contribution in [3.8, 4) is 11.3 Å². The molecule has 0 radical (unpaired) electrons. The topological polar surface area (TPSA) is 56.2 Å². The van der Waals surface area contributed by atoms with Crippen LogP contribution >= 0.6 is 0 Å². The predicted octanol–water partition coefficient (Wildman–Crippen LogP) is 2.58. The fourth-order valence-corrected chi connectivity index (χ4v) is 1.41. The van der Waals surface area contributed by atoms with Gasteiger partial charge in [-0.25, -0.2) is 4.39 Å². The summed E-state index contributed by atoms with van der Waals surface area (Å²) in [6.07, 6.45) is 2.62. The Balaban J connectivity index is 2.30. The van der Waals surface area contributed by atoms with Crippen molar-refractivity contribution in [2.75, 3.05) is 0 Å². The standard InChI is InChI=1S/C13H10FNO2/c14-11-4-2-1-3-10(11)12-7-5-9(17-12)6-8-13(15)16/h1-8H,(H2,15,16)/b8-6-. The molecule has 86 valence electrons. The minimum absolute atomic E-state index is 0.354. The monoisotopic (exact) mass is 231 g/mol. The van der Waals surface area contributed by atoms with Gasteiger partial charge in [-0.1, -0.05) is 12.1 Å². The Bertz CT molecular complexity index is 572. The van der Waals surface area contributed by atoms with Crippen LogP contribution in [-0.2, 0) is 4.79 Å². The average Bonchev–Trinajstić information content (AvgIpc) is 2.75. The van der Waals surface area contributed by atoms with Gasteiger partial charge in [-0.2, -0.15) is 0 Å². The number of furan rings is 1. The van der Waals surface area contributed by atoms with E-state index in [1.165, 1.54) is 18.2 Å². The van der Waals surface area contributed by atoms with E-state index < -0.39 is 5.91 Å². The lowest BCUT2D eigenvalue weighted by Gasteiger charge is -1.97. The van der Waals surface area contributed by atoms with Gasteiger partial charge in [0.2, 0.25) is 5.91 Å². The molecular weight excluding hydrogens is 221 g/mol. The summed E-state index contributed by atoms with van der Waals surface area (Å²) >= 11 is 0. The van der Waals surface area contributed by atoms with Gasteiger partial charge in [0.15, 0.2) is 0 Å². The molecule has 0 aliphatic heterocycles. The van der Waals surface area contributed by atoms with Gasteiger partial charge in [-0.3, -0.25) is 4.79 Å². The molecule has 1 amide bonds. The highest BCUT2D eigenvalue weighted by atomic mass is 19.1. The number of nitrogens with two attached hydrogens (primary N) is 1. The van der Waals surface area contributed by atoms with E-state index in [1.807, 2.05) is 0 Å². The molecular formula is C13H10FNO2. The third kappa shape index (κ3) is 2.60. The molecule has 0 bridgehead atoms. The van der Waals surface area contributed by atoms with Gasteiger partial charge in [0.05, 0.1) is 5.56 Å². The largest absolute Gasteiger partial charge is 0.457 e. The highest BCUT2D eigenvalue weighted by Crippen LogP contribution is 2.25. The first-order chi connectivity index (χ1) is 8.16. The number of amides is 1. The average molecular weight is 231 g/mol. The lowest BCUT2D eigenvalue weighted by Crippen LogP contribution is -2.04. The SMILES string of the molecule is NC(=O)/C=C\c1ccc(-c2ccccc2F)o1. The Morgan fingerprint density at radius 2 is 2.00 bits per heavy atom. The Hall–Kier alpha value is -2.36. The summed E-state index contributed by atoms with van der Waals surface area (Å²) in [5, 5.41) is 0. The van der Waals surface area contributed by atoms with E-state index in [9.17, 15) is 9.18 Å². The molecule has 4 heteroatoms. The second kappa shape index (κ2) is 4.65. The molecule has 0 fully saturated rings. The number of carbonyl (C=O) groups excluding carboxylic acids is 1. The molecule has 17 heavy (non-hydrogen) atoms. The third-order valence-corrected chi connectivity index (χ3v) is 2.18. The van der Waals surface area contributed by atoms with Crippen LogP contribution in [0.15, 0.2) is 46.9 Å². The zero-order valence-corrected chi connectivity index (χ0v) is 8.89. The van der Waals surface area contributed by atoms with Gasteiger partial charge < -0.3 is 10.2 Å². The van der Waals surface area contributed by atoms with Crippen LogP contribution in [0.25, 0.3) is 17.4 Å². The number of hydrogen-bond acceptors (Lipinski definition) is 2. The minimum atomic E-state index is -0.561. The first-order valence-corrected chi connectivity index (χ1v) is 4.99. The van der Waals surface area contributed by atoms with E-state index >= 15 is 0 Å². The number of halogens is 1. The van der Waals surface area contributed by atoms with Crippen molar-refractivity contribution in [2.24, 2.45) is 5.73 Å². The first-order valence-electron chi connectivity index (χ1n) is 4.99. The van der Waals surface area contributed by atoms with E-state index in [0.717, 1.165) is 0 Å². The molecule has 0 saturated carbocycles. The molecule has 0 aliphatic carbocycles. The smallest absolute Gasteiger partial charge is 0.241 e. The first kappa shape index (κ1) is 11.1. The summed E-state index contributed by atoms with van der Waals surface area (Å²) in [6, 6.07) is 9.59. The zero-order chi connectivity index (χ0) is 12.3. The number of primary amides is 1. The highest BCUT2D eigenvalue weighted by molar-refractivity contribution is 5.89. The molecule has 1 aromatic heterocycles. The maximum atomic E-state index is 13.4. The molecule has 0 atom stereocenters. The summed E-state index contributed by atoms with van der Waals surface area (Å²) < 4.78 is 18.8. The normalized spacial score (nSPS) is 10.9. The van der Waals surface area contributed by atoms with Gasteiger partial charge in [0.25, 0.3) is 0 Å². The summed E-state index contributed by atoms with van der Waals surface area (Å²) in [5.41, 5.74) is 5.34. The van der Waals surface area contributed by atoms with Gasteiger partial charge >= 0.3 is 0 Å². The van der Waals surface area contributed by atoms with Crippen molar-refractivity contribution >= 4 is 12.0 Å². The molecule has 0 saturated heterocycles. The maximum Gasteiger partial charge on any atom is 0.241 e. The predicted molar refractivity (Wildman–Crippen MR) is 62.3 cm³/mol. The Morgan fingerprint density at radius 1 is 1.24 bits per heavy atom. The number of carbonyl (C=O) groups is 1. The Labute approximate surface area is 97.4 Å². The molecule has 3 nitrogen and oxygen atoms in total. The lowest BCUT2D eigenvalue weighted by molar-refractivity contribution is -0.113. The van der Waals surface area contributed by atoms with Crippen LogP contribution in [0.1, 0.15) is 5.76 Å². The zero-order valence-electron chi connectivity index (χ0n) is 8.89. The minimum Gasteiger partial charge on any atom is -0.457 e. The molecule has 1 heterocycles. The van der Waals surface area contributed by atoms with Gasteiger partial charge in [-0.15, -0.1) is 0 Å². The highest BCUT2D eigenvalue weighted by Gasteiger charge is 2.07. The molecule has 2 aromatic rings.